The van der Waals surface area contributed by atoms with Crippen molar-refractivity contribution in [2.75, 3.05) is 6.61 Å². The van der Waals surface area contributed by atoms with Crippen LogP contribution in [-0.4, -0.2) is 34.4 Å². The van der Waals surface area contributed by atoms with Crippen molar-refractivity contribution in [3.63, 3.8) is 0 Å². The highest BCUT2D eigenvalue weighted by Crippen LogP contribution is 2.36. The molecule has 2 fully saturated rings. The Hall–Kier alpha value is -0.530. The fraction of sp³-hybridized carbons (Fsp3) is 0.833. The van der Waals surface area contributed by atoms with Crippen LogP contribution >= 0.6 is 22.6 Å². The fourth-order valence-corrected chi connectivity index (χ4v) is 2.38. The second-order valence-electron chi connectivity index (χ2n) is 4.98. The molecule has 0 aromatic carbocycles. The predicted molar refractivity (Wildman–Crippen MR) is 71.5 cm³/mol. The number of esters is 1. The van der Waals surface area contributed by atoms with Gasteiger partial charge in [-0.05, 0) is 26.2 Å². The number of rotatable bonds is 4. The number of hydrogen-bond acceptors (Lipinski definition) is 5. The van der Waals surface area contributed by atoms with Gasteiger partial charge >= 0.3 is 12.1 Å². The second kappa shape index (κ2) is 5.22. The molecule has 0 N–H and O–H groups in total. The molecule has 1 aliphatic carbocycles. The first-order valence-corrected chi connectivity index (χ1v) is 7.25. The molecule has 0 aromatic heterocycles. The van der Waals surface area contributed by atoms with E-state index >= 15 is 0 Å². The number of alkyl halides is 1. The SMILES string of the molecule is CCC(C)(I)C(=O)OCC1CCC2OC(=O)OC12. The van der Waals surface area contributed by atoms with Crippen LogP contribution in [0.1, 0.15) is 33.1 Å². The minimum Gasteiger partial charge on any atom is -0.464 e. The molecule has 18 heavy (non-hydrogen) atoms. The zero-order chi connectivity index (χ0) is 13.3. The Morgan fingerprint density at radius 3 is 2.89 bits per heavy atom. The van der Waals surface area contributed by atoms with E-state index in [9.17, 15) is 9.59 Å². The Morgan fingerprint density at radius 1 is 1.50 bits per heavy atom. The topological polar surface area (TPSA) is 61.8 Å². The van der Waals surface area contributed by atoms with Gasteiger partial charge < -0.3 is 14.2 Å². The third-order valence-corrected chi connectivity index (χ3v) is 4.85. The van der Waals surface area contributed by atoms with Crippen LogP contribution < -0.4 is 0 Å². The average molecular weight is 368 g/mol. The summed E-state index contributed by atoms with van der Waals surface area (Å²) >= 11 is 2.10. The summed E-state index contributed by atoms with van der Waals surface area (Å²) in [5.74, 6) is -0.145. The smallest absolute Gasteiger partial charge is 0.464 e. The first kappa shape index (κ1) is 13.9. The summed E-state index contributed by atoms with van der Waals surface area (Å²) in [5.41, 5.74) is 0. The van der Waals surface area contributed by atoms with Gasteiger partial charge in [-0.25, -0.2) is 4.79 Å². The highest BCUT2D eigenvalue weighted by Gasteiger charge is 2.47. The Kier molecular flexibility index (Phi) is 4.03. The molecule has 4 unspecified atom stereocenters. The lowest BCUT2D eigenvalue weighted by atomic mass is 10.1. The van der Waals surface area contributed by atoms with E-state index in [-0.39, 0.29) is 24.1 Å². The molecule has 1 saturated carbocycles. The lowest BCUT2D eigenvalue weighted by Crippen LogP contribution is -2.33. The normalized spacial score (nSPS) is 33.3. The van der Waals surface area contributed by atoms with Crippen LogP contribution in [0.2, 0.25) is 0 Å². The molecule has 1 saturated heterocycles. The van der Waals surface area contributed by atoms with Gasteiger partial charge in [-0.1, -0.05) is 29.5 Å². The largest absolute Gasteiger partial charge is 0.509 e. The first-order valence-electron chi connectivity index (χ1n) is 6.17. The molecule has 6 heteroatoms. The summed E-state index contributed by atoms with van der Waals surface area (Å²) in [5, 5.41) is 0. The fourth-order valence-electron chi connectivity index (χ4n) is 2.23. The van der Waals surface area contributed by atoms with Crippen molar-refractivity contribution in [2.45, 2.75) is 48.7 Å². The van der Waals surface area contributed by atoms with E-state index in [1.165, 1.54) is 0 Å². The number of ether oxygens (including phenoxy) is 3. The summed E-state index contributed by atoms with van der Waals surface area (Å²) in [7, 11) is 0. The van der Waals surface area contributed by atoms with Gasteiger partial charge in [0.05, 0.1) is 6.61 Å². The Morgan fingerprint density at radius 2 is 2.22 bits per heavy atom. The molecule has 2 aliphatic rings. The molecular formula is C12H17IO5. The Labute approximate surface area is 120 Å². The van der Waals surface area contributed by atoms with Gasteiger partial charge in [-0.15, -0.1) is 0 Å². The molecule has 2 rings (SSSR count). The lowest BCUT2D eigenvalue weighted by Gasteiger charge is -2.21. The van der Waals surface area contributed by atoms with Crippen molar-refractivity contribution in [2.24, 2.45) is 5.92 Å². The van der Waals surface area contributed by atoms with Gasteiger partial charge in [0, 0.05) is 5.92 Å². The van der Waals surface area contributed by atoms with E-state index in [2.05, 4.69) is 22.6 Å². The van der Waals surface area contributed by atoms with Crippen molar-refractivity contribution < 1.29 is 23.8 Å². The minimum absolute atomic E-state index is 0.0643. The molecule has 0 aromatic rings. The summed E-state index contributed by atoms with van der Waals surface area (Å²) < 4.78 is 14.9. The van der Waals surface area contributed by atoms with Gasteiger partial charge in [0.1, 0.15) is 15.6 Å². The number of fused-ring (bicyclic) bond motifs is 1. The Bertz CT molecular complexity index is 354. The standard InChI is InChI=1S/C12H17IO5/c1-3-12(2,13)10(14)16-6-7-4-5-8-9(7)18-11(15)17-8/h7-9H,3-6H2,1-2H3. The molecule has 5 nitrogen and oxygen atoms in total. The number of hydrogen-bond donors (Lipinski definition) is 0. The molecular weight excluding hydrogens is 351 g/mol. The average Bonchev–Trinajstić information content (AvgIpc) is 2.85. The first-order chi connectivity index (χ1) is 8.44. The van der Waals surface area contributed by atoms with Gasteiger partial charge in [-0.3, -0.25) is 4.79 Å². The third-order valence-electron chi connectivity index (χ3n) is 3.65. The van der Waals surface area contributed by atoms with Crippen molar-refractivity contribution in [3.8, 4) is 0 Å². The molecule has 1 heterocycles. The van der Waals surface area contributed by atoms with Crippen LogP contribution in [-0.2, 0) is 19.0 Å². The van der Waals surface area contributed by atoms with E-state index in [1.807, 2.05) is 13.8 Å². The van der Waals surface area contributed by atoms with Gasteiger partial charge in [0.15, 0.2) is 0 Å². The number of carbonyl (C=O) groups excluding carboxylic acids is 2. The van der Waals surface area contributed by atoms with Crippen molar-refractivity contribution in [1.82, 2.24) is 0 Å². The predicted octanol–water partition coefficient (Wildman–Crippen LogP) is 2.45. The molecule has 1 aliphatic heterocycles. The van der Waals surface area contributed by atoms with Crippen molar-refractivity contribution in [3.05, 3.63) is 0 Å². The summed E-state index contributed by atoms with van der Waals surface area (Å²) in [6.07, 6.45) is 1.37. The minimum atomic E-state index is -0.603. The van der Waals surface area contributed by atoms with Crippen LogP contribution in [0.3, 0.4) is 0 Å². The Balaban J connectivity index is 1.84. The highest BCUT2D eigenvalue weighted by molar-refractivity contribution is 14.1. The zero-order valence-corrected chi connectivity index (χ0v) is 12.6. The monoisotopic (exact) mass is 368 g/mol. The lowest BCUT2D eigenvalue weighted by molar-refractivity contribution is -0.147. The van der Waals surface area contributed by atoms with E-state index in [1.54, 1.807) is 0 Å². The molecule has 0 spiro atoms. The van der Waals surface area contributed by atoms with Crippen LogP contribution in [0.25, 0.3) is 0 Å². The van der Waals surface area contributed by atoms with Crippen molar-refractivity contribution >= 4 is 34.7 Å². The van der Waals surface area contributed by atoms with Crippen molar-refractivity contribution in [1.29, 1.82) is 0 Å². The van der Waals surface area contributed by atoms with Gasteiger partial charge in [0.25, 0.3) is 0 Å². The molecule has 0 bridgehead atoms. The maximum atomic E-state index is 11.8. The maximum absolute atomic E-state index is 11.8. The van der Waals surface area contributed by atoms with E-state index in [4.69, 9.17) is 14.2 Å². The molecule has 0 radical (unpaired) electrons. The van der Waals surface area contributed by atoms with Gasteiger partial charge in [0.2, 0.25) is 0 Å². The van der Waals surface area contributed by atoms with Crippen LogP contribution in [0.5, 0.6) is 0 Å². The summed E-state index contributed by atoms with van der Waals surface area (Å²) in [6.45, 7) is 4.10. The van der Waals surface area contributed by atoms with Gasteiger partial charge in [-0.2, -0.15) is 0 Å². The third kappa shape index (κ3) is 2.73. The van der Waals surface area contributed by atoms with Crippen LogP contribution in [0.15, 0.2) is 0 Å². The summed E-state index contributed by atoms with van der Waals surface area (Å²) in [4.78, 5) is 22.8. The van der Waals surface area contributed by atoms with Crippen LogP contribution in [0.4, 0.5) is 4.79 Å². The van der Waals surface area contributed by atoms with E-state index < -0.39 is 9.58 Å². The van der Waals surface area contributed by atoms with E-state index in [0.717, 1.165) is 19.3 Å². The second-order valence-corrected chi connectivity index (χ2v) is 7.36. The zero-order valence-electron chi connectivity index (χ0n) is 10.5. The summed E-state index contributed by atoms with van der Waals surface area (Å²) in [6, 6.07) is 0. The highest BCUT2D eigenvalue weighted by atomic mass is 127. The van der Waals surface area contributed by atoms with E-state index in [0.29, 0.717) is 6.61 Å². The molecule has 102 valence electrons. The quantitative estimate of drug-likeness (QED) is 0.433. The van der Waals surface area contributed by atoms with Crippen LogP contribution in [0, 0.1) is 5.92 Å². The number of carbonyl (C=O) groups is 2. The maximum Gasteiger partial charge on any atom is 0.509 e. The molecule has 4 atom stereocenters. The molecule has 0 amide bonds. The number of halogens is 1.